The van der Waals surface area contributed by atoms with Crippen LogP contribution in [0.4, 0.5) is 0 Å². The molecular weight excluding hydrogens is 374 g/mol. The Morgan fingerprint density at radius 3 is 2.46 bits per heavy atom. The van der Waals surface area contributed by atoms with Gasteiger partial charge in [-0.05, 0) is 42.5 Å². The summed E-state index contributed by atoms with van der Waals surface area (Å²) in [5.74, 6) is 0.832. The Morgan fingerprint density at radius 2 is 1.82 bits per heavy atom. The number of hydrogen-bond donors (Lipinski definition) is 0. The van der Waals surface area contributed by atoms with E-state index in [0.717, 1.165) is 10.8 Å². The normalized spacial score (nSPS) is 15.9. The Balaban J connectivity index is 1.83. The molecule has 28 heavy (non-hydrogen) atoms. The maximum absolute atomic E-state index is 13.3. The van der Waals surface area contributed by atoms with Crippen molar-refractivity contribution in [3.63, 3.8) is 0 Å². The molecule has 0 atom stereocenters. The molecule has 1 fully saturated rings. The molecule has 1 heterocycles. The third kappa shape index (κ3) is 4.32. The van der Waals surface area contributed by atoms with Crippen LogP contribution in [-0.2, 0) is 9.84 Å². The van der Waals surface area contributed by atoms with Gasteiger partial charge in [0.2, 0.25) is 0 Å². The Kier molecular flexibility index (Phi) is 6.28. The molecule has 5 nitrogen and oxygen atoms in total. The number of carbonyl (C=O) groups excluding carboxylic acids is 1. The Morgan fingerprint density at radius 1 is 1.14 bits per heavy atom. The molecule has 0 saturated carbocycles. The van der Waals surface area contributed by atoms with Gasteiger partial charge in [-0.15, -0.1) is 0 Å². The number of ether oxygens (including phenoxy) is 1. The summed E-state index contributed by atoms with van der Waals surface area (Å²) >= 11 is 0. The SMILES string of the molecule is CCOc1ccc2ccccc2c1C(=O)N1CCC(S(=O)(=O)CC(C)C)CC1. The Labute approximate surface area is 167 Å². The topological polar surface area (TPSA) is 63.7 Å². The van der Waals surface area contributed by atoms with Gasteiger partial charge in [0.25, 0.3) is 5.91 Å². The van der Waals surface area contributed by atoms with Crippen molar-refractivity contribution in [2.45, 2.75) is 38.9 Å². The molecule has 3 rings (SSSR count). The van der Waals surface area contributed by atoms with Gasteiger partial charge in [0, 0.05) is 13.1 Å². The van der Waals surface area contributed by atoms with Gasteiger partial charge in [0.1, 0.15) is 5.75 Å². The highest BCUT2D eigenvalue weighted by molar-refractivity contribution is 7.92. The molecule has 0 radical (unpaired) electrons. The highest BCUT2D eigenvalue weighted by Crippen LogP contribution is 2.31. The van der Waals surface area contributed by atoms with Crippen LogP contribution in [0.15, 0.2) is 36.4 Å². The number of benzene rings is 2. The van der Waals surface area contributed by atoms with E-state index in [1.807, 2.05) is 57.2 Å². The summed E-state index contributed by atoms with van der Waals surface area (Å²) in [5, 5.41) is 1.51. The molecule has 0 unspecified atom stereocenters. The number of piperidine rings is 1. The molecule has 1 amide bonds. The average Bonchev–Trinajstić information content (AvgIpc) is 2.67. The molecule has 152 valence electrons. The van der Waals surface area contributed by atoms with E-state index in [1.165, 1.54) is 0 Å². The third-order valence-corrected chi connectivity index (χ3v) is 7.83. The van der Waals surface area contributed by atoms with Gasteiger partial charge in [-0.25, -0.2) is 8.42 Å². The lowest BCUT2D eigenvalue weighted by molar-refractivity contribution is 0.0723. The molecule has 0 N–H and O–H groups in total. The Hall–Kier alpha value is -2.08. The fraction of sp³-hybridized carbons (Fsp3) is 0.500. The quantitative estimate of drug-likeness (QED) is 0.733. The smallest absolute Gasteiger partial charge is 0.258 e. The second-order valence-corrected chi connectivity index (χ2v) is 10.1. The van der Waals surface area contributed by atoms with Crippen LogP contribution in [0.1, 0.15) is 44.0 Å². The van der Waals surface area contributed by atoms with Gasteiger partial charge in [0.15, 0.2) is 9.84 Å². The van der Waals surface area contributed by atoms with Crippen LogP contribution in [-0.4, -0.2) is 49.9 Å². The predicted octanol–water partition coefficient (Wildman–Crippen LogP) is 3.91. The minimum absolute atomic E-state index is 0.0834. The summed E-state index contributed by atoms with van der Waals surface area (Å²) in [6.45, 7) is 7.13. The van der Waals surface area contributed by atoms with Crippen LogP contribution in [0.3, 0.4) is 0 Å². The number of fused-ring (bicyclic) bond motifs is 1. The van der Waals surface area contributed by atoms with E-state index < -0.39 is 9.84 Å². The van der Waals surface area contributed by atoms with Crippen molar-refractivity contribution >= 4 is 26.5 Å². The first-order chi connectivity index (χ1) is 13.3. The van der Waals surface area contributed by atoms with E-state index >= 15 is 0 Å². The monoisotopic (exact) mass is 403 g/mol. The van der Waals surface area contributed by atoms with Crippen molar-refractivity contribution in [3.8, 4) is 5.75 Å². The van der Waals surface area contributed by atoms with Gasteiger partial charge in [0.05, 0.1) is 23.2 Å². The standard InChI is InChI=1S/C22H29NO4S/c1-4-27-20-10-9-17-7-5-6-8-19(17)21(20)22(24)23-13-11-18(12-14-23)28(25,26)15-16(2)3/h5-10,16,18H,4,11-15H2,1-3H3. The van der Waals surface area contributed by atoms with Gasteiger partial charge in [-0.3, -0.25) is 4.79 Å². The van der Waals surface area contributed by atoms with E-state index in [0.29, 0.717) is 43.9 Å². The van der Waals surface area contributed by atoms with Crippen molar-refractivity contribution < 1.29 is 17.9 Å². The first kappa shape index (κ1) is 20.6. The zero-order chi connectivity index (χ0) is 20.3. The van der Waals surface area contributed by atoms with E-state index in [-0.39, 0.29) is 22.8 Å². The molecule has 1 aliphatic rings. The lowest BCUT2D eigenvalue weighted by Crippen LogP contribution is -2.43. The van der Waals surface area contributed by atoms with Crippen molar-refractivity contribution in [1.82, 2.24) is 4.90 Å². The molecule has 2 aromatic carbocycles. The van der Waals surface area contributed by atoms with Crippen molar-refractivity contribution in [1.29, 1.82) is 0 Å². The number of likely N-dealkylation sites (tertiary alicyclic amines) is 1. The van der Waals surface area contributed by atoms with Crippen LogP contribution in [0.2, 0.25) is 0 Å². The summed E-state index contributed by atoms with van der Waals surface area (Å²) in [6, 6.07) is 11.6. The van der Waals surface area contributed by atoms with Gasteiger partial charge >= 0.3 is 0 Å². The molecule has 0 aliphatic carbocycles. The van der Waals surface area contributed by atoms with Crippen molar-refractivity contribution in [2.24, 2.45) is 5.92 Å². The maximum Gasteiger partial charge on any atom is 0.258 e. The molecule has 0 spiro atoms. The summed E-state index contributed by atoms with van der Waals surface area (Å²) in [7, 11) is -3.11. The second-order valence-electron chi connectivity index (χ2n) is 7.81. The summed E-state index contributed by atoms with van der Waals surface area (Å²) < 4.78 is 30.8. The van der Waals surface area contributed by atoms with Crippen LogP contribution < -0.4 is 4.74 Å². The molecule has 1 saturated heterocycles. The highest BCUT2D eigenvalue weighted by Gasteiger charge is 2.33. The van der Waals surface area contributed by atoms with Gasteiger partial charge < -0.3 is 9.64 Å². The van der Waals surface area contributed by atoms with Crippen molar-refractivity contribution in [3.05, 3.63) is 42.0 Å². The number of sulfone groups is 1. The molecule has 0 aromatic heterocycles. The first-order valence-electron chi connectivity index (χ1n) is 9.99. The van der Waals surface area contributed by atoms with Crippen LogP contribution in [0.5, 0.6) is 5.75 Å². The van der Waals surface area contributed by atoms with E-state index in [2.05, 4.69) is 0 Å². The lowest BCUT2D eigenvalue weighted by Gasteiger charge is -2.32. The molecular formula is C22H29NO4S. The molecule has 2 aromatic rings. The fourth-order valence-corrected chi connectivity index (χ4v) is 6.06. The summed E-state index contributed by atoms with van der Waals surface area (Å²) in [5.41, 5.74) is 0.573. The van der Waals surface area contributed by atoms with Crippen molar-refractivity contribution in [2.75, 3.05) is 25.4 Å². The maximum atomic E-state index is 13.3. The molecule has 0 bridgehead atoms. The zero-order valence-electron chi connectivity index (χ0n) is 16.8. The zero-order valence-corrected chi connectivity index (χ0v) is 17.7. The highest BCUT2D eigenvalue weighted by atomic mass is 32.2. The first-order valence-corrected chi connectivity index (χ1v) is 11.7. The van der Waals surface area contributed by atoms with Gasteiger partial charge in [-0.2, -0.15) is 0 Å². The van der Waals surface area contributed by atoms with Crippen LogP contribution >= 0.6 is 0 Å². The summed E-state index contributed by atoms with van der Waals surface area (Å²) in [4.78, 5) is 15.1. The second kappa shape index (κ2) is 8.52. The average molecular weight is 404 g/mol. The van der Waals surface area contributed by atoms with Gasteiger partial charge in [-0.1, -0.05) is 44.2 Å². The number of hydrogen-bond acceptors (Lipinski definition) is 4. The summed E-state index contributed by atoms with van der Waals surface area (Å²) in [6.07, 6.45) is 0.991. The molecule has 6 heteroatoms. The fourth-order valence-electron chi connectivity index (χ4n) is 3.92. The minimum Gasteiger partial charge on any atom is -0.493 e. The van der Waals surface area contributed by atoms with E-state index in [4.69, 9.17) is 4.74 Å². The number of carbonyl (C=O) groups is 1. The molecule has 1 aliphatic heterocycles. The lowest BCUT2D eigenvalue weighted by atomic mass is 10.0. The third-order valence-electron chi connectivity index (χ3n) is 5.21. The van der Waals surface area contributed by atoms with Crippen LogP contribution in [0.25, 0.3) is 10.8 Å². The van der Waals surface area contributed by atoms with E-state index in [1.54, 1.807) is 4.90 Å². The van der Waals surface area contributed by atoms with Crippen LogP contribution in [0, 0.1) is 5.92 Å². The van der Waals surface area contributed by atoms with E-state index in [9.17, 15) is 13.2 Å². The number of rotatable bonds is 6. The predicted molar refractivity (Wildman–Crippen MR) is 113 cm³/mol. The number of nitrogens with zero attached hydrogens (tertiary/aromatic N) is 1. The number of amides is 1. The largest absolute Gasteiger partial charge is 0.493 e. The Bertz CT molecular complexity index is 944. The minimum atomic E-state index is -3.11.